The standard InChI is InChI=1S/C19H14N4O4/c1-27-16-8-2-12(3-9-16)19(24)18-17(21)13(10-20)11-22(18)14-4-6-15(7-5-14)23(25)26/h2-9,11H,21H2,1H3. The predicted molar refractivity (Wildman–Crippen MR) is 98.0 cm³/mol. The Morgan fingerprint density at radius 3 is 2.33 bits per heavy atom. The molecular weight excluding hydrogens is 348 g/mol. The number of nitrogens with zero attached hydrogens (tertiary/aromatic N) is 3. The largest absolute Gasteiger partial charge is 0.497 e. The van der Waals surface area contributed by atoms with Crippen molar-refractivity contribution in [2.24, 2.45) is 0 Å². The molecule has 134 valence electrons. The van der Waals surface area contributed by atoms with Gasteiger partial charge in [-0.05, 0) is 36.4 Å². The zero-order chi connectivity index (χ0) is 19.6. The van der Waals surface area contributed by atoms with E-state index in [1.54, 1.807) is 24.3 Å². The number of nitrogen functional groups attached to an aromatic ring is 1. The summed E-state index contributed by atoms with van der Waals surface area (Å²) in [5, 5.41) is 20.1. The van der Waals surface area contributed by atoms with Crippen LogP contribution in [0.15, 0.2) is 54.7 Å². The van der Waals surface area contributed by atoms with E-state index in [0.717, 1.165) is 0 Å². The summed E-state index contributed by atoms with van der Waals surface area (Å²) in [7, 11) is 1.52. The lowest BCUT2D eigenvalue weighted by Crippen LogP contribution is -2.11. The fourth-order valence-electron chi connectivity index (χ4n) is 2.66. The Hall–Kier alpha value is -4.12. The van der Waals surface area contributed by atoms with Crippen molar-refractivity contribution in [2.45, 2.75) is 0 Å². The van der Waals surface area contributed by atoms with Crippen molar-refractivity contribution in [1.29, 1.82) is 5.26 Å². The Labute approximate surface area is 154 Å². The molecule has 27 heavy (non-hydrogen) atoms. The molecule has 8 heteroatoms. The zero-order valence-electron chi connectivity index (χ0n) is 14.2. The average molecular weight is 362 g/mol. The lowest BCUT2D eigenvalue weighted by molar-refractivity contribution is -0.384. The Kier molecular flexibility index (Phi) is 4.60. The SMILES string of the molecule is COc1ccc(C(=O)c2c(N)c(C#N)cn2-c2ccc([N+](=O)[O-])cc2)cc1. The van der Waals surface area contributed by atoms with Gasteiger partial charge < -0.3 is 15.0 Å². The van der Waals surface area contributed by atoms with E-state index in [1.807, 2.05) is 6.07 Å². The predicted octanol–water partition coefficient (Wildman–Crippen LogP) is 3.08. The third kappa shape index (κ3) is 3.21. The van der Waals surface area contributed by atoms with Gasteiger partial charge >= 0.3 is 0 Å². The highest BCUT2D eigenvalue weighted by Gasteiger charge is 2.22. The van der Waals surface area contributed by atoms with Gasteiger partial charge in [-0.3, -0.25) is 14.9 Å². The fourth-order valence-corrected chi connectivity index (χ4v) is 2.66. The minimum atomic E-state index is -0.516. The number of carbonyl (C=O) groups excluding carboxylic acids is 1. The number of ketones is 1. The van der Waals surface area contributed by atoms with Crippen molar-refractivity contribution in [2.75, 3.05) is 12.8 Å². The molecule has 2 aromatic carbocycles. The normalized spacial score (nSPS) is 10.2. The number of ether oxygens (including phenoxy) is 1. The number of anilines is 1. The Morgan fingerprint density at radius 1 is 1.19 bits per heavy atom. The molecule has 0 aliphatic rings. The van der Waals surface area contributed by atoms with Crippen molar-refractivity contribution in [3.63, 3.8) is 0 Å². The summed E-state index contributed by atoms with van der Waals surface area (Å²) in [6.07, 6.45) is 1.44. The lowest BCUT2D eigenvalue weighted by Gasteiger charge is -2.10. The first-order valence-corrected chi connectivity index (χ1v) is 7.80. The molecule has 0 spiro atoms. The number of rotatable bonds is 5. The van der Waals surface area contributed by atoms with Crippen LogP contribution in [0.4, 0.5) is 11.4 Å². The molecule has 0 saturated heterocycles. The fraction of sp³-hybridized carbons (Fsp3) is 0.0526. The maximum Gasteiger partial charge on any atom is 0.269 e. The van der Waals surface area contributed by atoms with Crippen molar-refractivity contribution < 1.29 is 14.5 Å². The number of benzene rings is 2. The maximum absolute atomic E-state index is 13.0. The molecule has 0 amide bonds. The van der Waals surface area contributed by atoms with Gasteiger partial charge in [0.1, 0.15) is 17.5 Å². The van der Waals surface area contributed by atoms with Crippen LogP contribution in [0, 0.1) is 21.4 Å². The van der Waals surface area contributed by atoms with E-state index in [4.69, 9.17) is 10.5 Å². The van der Waals surface area contributed by atoms with E-state index < -0.39 is 4.92 Å². The van der Waals surface area contributed by atoms with Crippen LogP contribution in [-0.2, 0) is 0 Å². The second-order valence-corrected chi connectivity index (χ2v) is 5.62. The van der Waals surface area contributed by atoms with Gasteiger partial charge in [-0.15, -0.1) is 0 Å². The van der Waals surface area contributed by atoms with Gasteiger partial charge in [-0.25, -0.2) is 0 Å². The number of nitrogens with two attached hydrogens (primary N) is 1. The second-order valence-electron chi connectivity index (χ2n) is 5.62. The monoisotopic (exact) mass is 362 g/mol. The molecule has 0 unspecified atom stereocenters. The zero-order valence-corrected chi connectivity index (χ0v) is 14.2. The van der Waals surface area contributed by atoms with Crippen LogP contribution in [-0.4, -0.2) is 22.4 Å². The third-order valence-electron chi connectivity index (χ3n) is 4.07. The maximum atomic E-state index is 13.0. The van der Waals surface area contributed by atoms with Gasteiger partial charge in [0.25, 0.3) is 5.69 Å². The minimum Gasteiger partial charge on any atom is -0.497 e. The number of hydrogen-bond acceptors (Lipinski definition) is 6. The molecular formula is C19H14N4O4. The van der Waals surface area contributed by atoms with E-state index in [0.29, 0.717) is 17.0 Å². The highest BCUT2D eigenvalue weighted by molar-refractivity contribution is 6.12. The third-order valence-corrected chi connectivity index (χ3v) is 4.07. The van der Waals surface area contributed by atoms with Crippen molar-refractivity contribution in [3.8, 4) is 17.5 Å². The molecule has 0 fully saturated rings. The first-order valence-electron chi connectivity index (χ1n) is 7.80. The summed E-state index contributed by atoms with van der Waals surface area (Å²) in [6, 6.07) is 14.1. The summed E-state index contributed by atoms with van der Waals surface area (Å²) >= 11 is 0. The minimum absolute atomic E-state index is 0.0525. The van der Waals surface area contributed by atoms with Crippen LogP contribution < -0.4 is 10.5 Å². The van der Waals surface area contributed by atoms with Crippen LogP contribution in [0.5, 0.6) is 5.75 Å². The van der Waals surface area contributed by atoms with Gasteiger partial charge in [-0.1, -0.05) is 0 Å². The lowest BCUT2D eigenvalue weighted by atomic mass is 10.1. The summed E-state index contributed by atoms with van der Waals surface area (Å²) in [5.74, 6) is 0.220. The summed E-state index contributed by atoms with van der Waals surface area (Å²) in [4.78, 5) is 23.3. The molecule has 2 N–H and O–H groups in total. The first kappa shape index (κ1) is 17.7. The van der Waals surface area contributed by atoms with Crippen LogP contribution in [0.25, 0.3) is 5.69 Å². The van der Waals surface area contributed by atoms with Gasteiger partial charge in [-0.2, -0.15) is 5.26 Å². The van der Waals surface area contributed by atoms with Crippen molar-refractivity contribution in [1.82, 2.24) is 4.57 Å². The molecule has 0 atom stereocenters. The molecule has 0 aliphatic carbocycles. The molecule has 0 bridgehead atoms. The molecule has 1 heterocycles. The number of non-ortho nitro benzene ring substituents is 1. The van der Waals surface area contributed by atoms with Gasteiger partial charge in [0.05, 0.1) is 23.3 Å². The summed E-state index contributed by atoms with van der Waals surface area (Å²) < 4.78 is 6.55. The van der Waals surface area contributed by atoms with Crippen molar-refractivity contribution >= 4 is 17.2 Å². The van der Waals surface area contributed by atoms with E-state index in [1.165, 1.54) is 42.1 Å². The average Bonchev–Trinajstić information content (AvgIpc) is 3.03. The molecule has 3 aromatic rings. The number of nitriles is 1. The van der Waals surface area contributed by atoms with Gasteiger partial charge in [0.2, 0.25) is 5.78 Å². The quantitative estimate of drug-likeness (QED) is 0.422. The molecule has 0 aliphatic heterocycles. The van der Waals surface area contributed by atoms with E-state index in [9.17, 15) is 20.2 Å². The Balaban J connectivity index is 2.11. The highest BCUT2D eigenvalue weighted by atomic mass is 16.6. The Bertz CT molecular complexity index is 1060. The molecule has 1 aromatic heterocycles. The molecule has 0 saturated carbocycles. The molecule has 3 rings (SSSR count). The number of carbonyl (C=O) groups is 1. The molecule has 8 nitrogen and oxygen atoms in total. The first-order chi connectivity index (χ1) is 13.0. The van der Waals surface area contributed by atoms with E-state index in [2.05, 4.69) is 0 Å². The second kappa shape index (κ2) is 7.01. The Morgan fingerprint density at radius 2 is 1.81 bits per heavy atom. The van der Waals surface area contributed by atoms with Crippen LogP contribution in [0.3, 0.4) is 0 Å². The summed E-state index contributed by atoms with van der Waals surface area (Å²) in [6.45, 7) is 0. The van der Waals surface area contributed by atoms with Crippen LogP contribution in [0.2, 0.25) is 0 Å². The van der Waals surface area contributed by atoms with Gasteiger partial charge in [0.15, 0.2) is 0 Å². The van der Waals surface area contributed by atoms with E-state index in [-0.39, 0.29) is 28.4 Å². The number of hydrogen-bond donors (Lipinski definition) is 1. The highest BCUT2D eigenvalue weighted by Crippen LogP contribution is 2.27. The topological polar surface area (TPSA) is 124 Å². The van der Waals surface area contributed by atoms with Crippen molar-refractivity contribution in [3.05, 3.63) is 81.7 Å². The van der Waals surface area contributed by atoms with E-state index >= 15 is 0 Å². The van der Waals surface area contributed by atoms with Gasteiger partial charge in [0, 0.05) is 29.6 Å². The van der Waals surface area contributed by atoms with Crippen LogP contribution in [0.1, 0.15) is 21.6 Å². The number of aromatic nitrogens is 1. The van der Waals surface area contributed by atoms with Crippen LogP contribution >= 0.6 is 0 Å². The number of methoxy groups -OCH3 is 1. The summed E-state index contributed by atoms with van der Waals surface area (Å²) in [5.41, 5.74) is 7.10. The number of nitro groups is 1. The molecule has 0 radical (unpaired) electrons. The number of nitro benzene ring substituents is 1. The smallest absolute Gasteiger partial charge is 0.269 e.